The number of carbonyl (C=O) groups excluding carboxylic acids is 3. The van der Waals surface area contributed by atoms with E-state index in [4.69, 9.17) is 0 Å². The molecule has 3 rings (SSSR count). The lowest BCUT2D eigenvalue weighted by atomic mass is 10.0. The highest BCUT2D eigenvalue weighted by Gasteiger charge is 2.29. The molecule has 1 saturated heterocycles. The van der Waals surface area contributed by atoms with Crippen LogP contribution in [0.3, 0.4) is 0 Å². The lowest BCUT2D eigenvalue weighted by molar-refractivity contribution is -0.121. The number of nitrogens with one attached hydrogen (secondary N) is 1. The Balaban J connectivity index is 1.69. The third-order valence-electron chi connectivity index (χ3n) is 3.76. The molecular weight excluding hydrogens is 284 g/mol. The summed E-state index contributed by atoms with van der Waals surface area (Å²) in [5, 5.41) is 2.53. The first kappa shape index (κ1) is 14.5. The van der Waals surface area contributed by atoms with Crippen molar-refractivity contribution in [1.29, 1.82) is 0 Å². The minimum Gasteiger partial charge on any atom is -0.321 e. The molecule has 7 heteroatoms. The molecular formula is C15H16N4O3. The van der Waals surface area contributed by atoms with E-state index in [2.05, 4.69) is 15.3 Å². The quantitative estimate of drug-likeness (QED) is 0.865. The third-order valence-corrected chi connectivity index (χ3v) is 3.76. The molecule has 7 nitrogen and oxygen atoms in total. The normalized spacial score (nSPS) is 18.6. The van der Waals surface area contributed by atoms with Crippen molar-refractivity contribution in [3.63, 3.8) is 0 Å². The van der Waals surface area contributed by atoms with Crippen molar-refractivity contribution in [3.05, 3.63) is 35.6 Å². The lowest BCUT2D eigenvalue weighted by Gasteiger charge is -2.25. The van der Waals surface area contributed by atoms with Crippen LogP contribution in [-0.4, -0.2) is 52.0 Å². The van der Waals surface area contributed by atoms with Gasteiger partial charge in [-0.2, -0.15) is 0 Å². The van der Waals surface area contributed by atoms with Crippen LogP contribution in [-0.2, 0) is 4.79 Å². The molecule has 0 unspecified atom stereocenters. The number of allylic oxidation sites excluding steroid dienone is 2. The number of hydrogen-bond donors (Lipinski definition) is 1. The molecule has 22 heavy (non-hydrogen) atoms. The predicted octanol–water partition coefficient (Wildman–Crippen LogP) is 0.342. The van der Waals surface area contributed by atoms with Crippen LogP contribution in [0, 0.1) is 0 Å². The van der Waals surface area contributed by atoms with Gasteiger partial charge in [0, 0.05) is 18.5 Å². The summed E-state index contributed by atoms with van der Waals surface area (Å²) >= 11 is 0. The average Bonchev–Trinajstić information content (AvgIpc) is 2.53. The van der Waals surface area contributed by atoms with E-state index in [9.17, 15) is 14.4 Å². The number of piperidine rings is 1. The van der Waals surface area contributed by atoms with Gasteiger partial charge in [0.15, 0.2) is 0 Å². The van der Waals surface area contributed by atoms with E-state index < -0.39 is 11.6 Å². The second kappa shape index (κ2) is 6.15. The summed E-state index contributed by atoms with van der Waals surface area (Å²) in [5.74, 6) is -1.19. The number of rotatable bonds is 3. The molecule has 0 atom stereocenters. The zero-order chi connectivity index (χ0) is 15.5. The smallest absolute Gasteiger partial charge is 0.238 e. The van der Waals surface area contributed by atoms with Gasteiger partial charge in [-0.3, -0.25) is 19.3 Å². The SMILES string of the molecule is O=C(CN1CCCCC1)NC1=CC(=O)c2nccnc2C1=O. The van der Waals surface area contributed by atoms with Crippen LogP contribution in [0.2, 0.25) is 0 Å². The van der Waals surface area contributed by atoms with Crippen molar-refractivity contribution >= 4 is 17.5 Å². The number of fused-ring (bicyclic) bond motifs is 1. The molecule has 0 bridgehead atoms. The van der Waals surface area contributed by atoms with Gasteiger partial charge in [0.05, 0.1) is 12.2 Å². The number of Topliss-reactive ketones (excluding diaryl/α,β-unsaturated/α-hetero) is 1. The van der Waals surface area contributed by atoms with E-state index in [1.807, 2.05) is 4.90 Å². The van der Waals surface area contributed by atoms with Crippen LogP contribution in [0.1, 0.15) is 40.2 Å². The predicted molar refractivity (Wildman–Crippen MR) is 77.2 cm³/mol. The van der Waals surface area contributed by atoms with Crippen molar-refractivity contribution in [3.8, 4) is 0 Å². The highest BCUT2D eigenvalue weighted by molar-refractivity contribution is 6.23. The van der Waals surface area contributed by atoms with Gasteiger partial charge < -0.3 is 5.32 Å². The highest BCUT2D eigenvalue weighted by atomic mass is 16.2. The molecule has 1 amide bonds. The topological polar surface area (TPSA) is 92.3 Å². The van der Waals surface area contributed by atoms with Gasteiger partial charge in [-0.15, -0.1) is 0 Å². The Morgan fingerprint density at radius 3 is 2.50 bits per heavy atom. The summed E-state index contributed by atoms with van der Waals surface area (Å²) in [7, 11) is 0. The Bertz CT molecular complexity index is 663. The van der Waals surface area contributed by atoms with Gasteiger partial charge >= 0.3 is 0 Å². The maximum absolute atomic E-state index is 12.2. The highest BCUT2D eigenvalue weighted by Crippen LogP contribution is 2.15. The van der Waals surface area contributed by atoms with E-state index in [0.717, 1.165) is 32.0 Å². The Morgan fingerprint density at radius 1 is 1.09 bits per heavy atom. The molecule has 1 N–H and O–H groups in total. The number of likely N-dealkylation sites (tertiary alicyclic amines) is 1. The van der Waals surface area contributed by atoms with Gasteiger partial charge in [0.2, 0.25) is 17.5 Å². The fraction of sp³-hybridized carbons (Fsp3) is 0.400. The minimum absolute atomic E-state index is 0.0109. The van der Waals surface area contributed by atoms with Crippen LogP contribution >= 0.6 is 0 Å². The number of amides is 1. The summed E-state index contributed by atoms with van der Waals surface area (Å²) in [5.41, 5.74) is -0.00943. The van der Waals surface area contributed by atoms with Gasteiger partial charge in [0.25, 0.3) is 0 Å². The Kier molecular flexibility index (Phi) is 4.06. The third kappa shape index (κ3) is 2.94. The first-order chi connectivity index (χ1) is 10.6. The molecule has 1 aliphatic carbocycles. The Morgan fingerprint density at radius 2 is 1.77 bits per heavy atom. The molecule has 0 radical (unpaired) electrons. The van der Waals surface area contributed by atoms with E-state index in [1.54, 1.807) is 0 Å². The largest absolute Gasteiger partial charge is 0.321 e. The second-order valence-corrected chi connectivity index (χ2v) is 5.39. The van der Waals surface area contributed by atoms with Gasteiger partial charge in [-0.05, 0) is 25.9 Å². The zero-order valence-electron chi connectivity index (χ0n) is 12.0. The molecule has 2 heterocycles. The van der Waals surface area contributed by atoms with E-state index >= 15 is 0 Å². The molecule has 1 fully saturated rings. The van der Waals surface area contributed by atoms with Crippen molar-refractivity contribution in [1.82, 2.24) is 20.2 Å². The van der Waals surface area contributed by atoms with Crippen molar-refractivity contribution in [2.75, 3.05) is 19.6 Å². The molecule has 1 aromatic heterocycles. The van der Waals surface area contributed by atoms with Gasteiger partial charge in [0.1, 0.15) is 11.4 Å². The molecule has 114 valence electrons. The van der Waals surface area contributed by atoms with Crippen molar-refractivity contribution in [2.45, 2.75) is 19.3 Å². The molecule has 2 aliphatic rings. The summed E-state index contributed by atoms with van der Waals surface area (Å²) in [6.07, 6.45) is 7.17. The van der Waals surface area contributed by atoms with Crippen molar-refractivity contribution in [2.24, 2.45) is 0 Å². The van der Waals surface area contributed by atoms with Gasteiger partial charge in [-0.1, -0.05) is 6.42 Å². The molecule has 1 aliphatic heterocycles. The molecule has 1 aromatic rings. The minimum atomic E-state index is -0.477. The summed E-state index contributed by atoms with van der Waals surface area (Å²) in [4.78, 5) is 46.0. The standard InChI is InChI=1S/C15H16N4O3/c20-11-8-10(15(22)14-13(11)16-4-5-17-14)18-12(21)9-19-6-2-1-3-7-19/h4-5,8H,1-3,6-7,9H2,(H,18,21). The van der Waals surface area contributed by atoms with Crippen LogP contribution in [0.15, 0.2) is 24.2 Å². The van der Waals surface area contributed by atoms with E-state index in [0.29, 0.717) is 0 Å². The maximum atomic E-state index is 12.2. The van der Waals surface area contributed by atoms with Crippen LogP contribution in [0.25, 0.3) is 0 Å². The van der Waals surface area contributed by atoms with E-state index in [1.165, 1.54) is 18.8 Å². The summed E-state index contributed by atoms with van der Waals surface area (Å²) in [6.45, 7) is 1.99. The van der Waals surface area contributed by atoms with Crippen LogP contribution in [0.4, 0.5) is 0 Å². The Hall–Kier alpha value is -2.41. The second-order valence-electron chi connectivity index (χ2n) is 5.39. The lowest BCUT2D eigenvalue weighted by Crippen LogP contribution is -2.41. The number of carbonyl (C=O) groups is 3. The number of aromatic nitrogens is 2. The monoisotopic (exact) mass is 300 g/mol. The maximum Gasteiger partial charge on any atom is 0.238 e. The first-order valence-electron chi connectivity index (χ1n) is 7.29. The first-order valence-corrected chi connectivity index (χ1v) is 7.29. The molecule has 0 aromatic carbocycles. The fourth-order valence-electron chi connectivity index (χ4n) is 2.68. The van der Waals surface area contributed by atoms with Crippen molar-refractivity contribution < 1.29 is 14.4 Å². The molecule has 0 saturated carbocycles. The van der Waals surface area contributed by atoms with E-state index in [-0.39, 0.29) is 29.5 Å². The van der Waals surface area contributed by atoms with Crippen LogP contribution in [0.5, 0.6) is 0 Å². The van der Waals surface area contributed by atoms with Crippen LogP contribution < -0.4 is 5.32 Å². The molecule has 0 spiro atoms. The fourth-order valence-corrected chi connectivity index (χ4v) is 2.68. The summed E-state index contributed by atoms with van der Waals surface area (Å²) in [6, 6.07) is 0. The van der Waals surface area contributed by atoms with Gasteiger partial charge in [-0.25, -0.2) is 9.97 Å². The number of hydrogen-bond acceptors (Lipinski definition) is 6. The zero-order valence-corrected chi connectivity index (χ0v) is 12.0. The number of nitrogens with zero attached hydrogens (tertiary/aromatic N) is 3. The number of ketones is 2. The Labute approximate surface area is 127 Å². The summed E-state index contributed by atoms with van der Waals surface area (Å²) < 4.78 is 0. The average molecular weight is 300 g/mol.